The van der Waals surface area contributed by atoms with Gasteiger partial charge in [-0.25, -0.2) is 14.3 Å². The van der Waals surface area contributed by atoms with Crippen LogP contribution in [-0.4, -0.2) is 68.7 Å². The number of β-lactam (4-membered cyclic amide) rings is 1. The summed E-state index contributed by atoms with van der Waals surface area (Å²) in [5.74, 6) is 0.0481. The zero-order valence-electron chi connectivity index (χ0n) is 18.5. The number of hydrogen-bond acceptors (Lipinski definition) is 9. The Morgan fingerprint density at radius 2 is 2.17 bits per heavy atom. The SMILES string of the molecule is C#CCON=C(C(=O)NC1C(=O)N2C(C(=O)O)=C(C[n+]3ccccc3)CS[C@H]12)c1csc(NC=O)n1. The van der Waals surface area contributed by atoms with Crippen LogP contribution >= 0.6 is 23.1 Å². The summed E-state index contributed by atoms with van der Waals surface area (Å²) in [7, 11) is 0. The first kappa shape index (κ1) is 24.9. The number of hydrogen-bond donors (Lipinski definition) is 3. The van der Waals surface area contributed by atoms with Gasteiger partial charge >= 0.3 is 5.97 Å². The summed E-state index contributed by atoms with van der Waals surface area (Å²) >= 11 is 2.41. The van der Waals surface area contributed by atoms with Gasteiger partial charge in [-0.3, -0.25) is 19.3 Å². The molecule has 184 valence electrons. The maximum absolute atomic E-state index is 13.0. The van der Waals surface area contributed by atoms with Crippen LogP contribution < -0.4 is 15.2 Å². The van der Waals surface area contributed by atoms with Gasteiger partial charge in [-0.05, 0) is 0 Å². The Kier molecular flexibility index (Phi) is 7.62. The molecule has 12 nitrogen and oxygen atoms in total. The molecule has 2 aliphatic heterocycles. The number of aliphatic carboxylic acids is 1. The van der Waals surface area contributed by atoms with E-state index < -0.39 is 29.2 Å². The number of carbonyl (C=O) groups is 4. The van der Waals surface area contributed by atoms with Crippen molar-refractivity contribution in [2.45, 2.75) is 18.0 Å². The number of pyridine rings is 1. The lowest BCUT2D eigenvalue weighted by molar-refractivity contribution is -0.689. The monoisotopic (exact) mass is 527 g/mol. The first-order valence-electron chi connectivity index (χ1n) is 10.4. The summed E-state index contributed by atoms with van der Waals surface area (Å²) < 4.78 is 1.82. The van der Waals surface area contributed by atoms with Crippen LogP contribution in [0.25, 0.3) is 0 Å². The molecule has 2 aromatic rings. The topological polar surface area (TPSA) is 154 Å². The molecule has 0 saturated carbocycles. The largest absolute Gasteiger partial charge is 0.477 e. The van der Waals surface area contributed by atoms with E-state index >= 15 is 0 Å². The number of carboxylic acid groups (broad SMARTS) is 1. The van der Waals surface area contributed by atoms with Gasteiger partial charge in [0.15, 0.2) is 36.4 Å². The molecule has 36 heavy (non-hydrogen) atoms. The smallest absolute Gasteiger partial charge is 0.352 e. The Morgan fingerprint density at radius 3 is 2.86 bits per heavy atom. The van der Waals surface area contributed by atoms with E-state index in [9.17, 15) is 24.3 Å². The Balaban J connectivity index is 1.53. The third-order valence-electron chi connectivity index (χ3n) is 5.14. The van der Waals surface area contributed by atoms with Gasteiger partial charge in [-0.15, -0.1) is 29.5 Å². The van der Waals surface area contributed by atoms with E-state index in [1.54, 1.807) is 0 Å². The highest BCUT2D eigenvalue weighted by Crippen LogP contribution is 2.40. The van der Waals surface area contributed by atoms with Gasteiger partial charge in [0.05, 0.1) is 0 Å². The predicted molar refractivity (Wildman–Crippen MR) is 129 cm³/mol. The third kappa shape index (κ3) is 5.07. The minimum absolute atomic E-state index is 0.0825. The van der Waals surface area contributed by atoms with E-state index in [2.05, 4.69) is 26.7 Å². The summed E-state index contributed by atoms with van der Waals surface area (Å²) in [6.07, 6.45) is 9.21. The van der Waals surface area contributed by atoms with Crippen molar-refractivity contribution in [3.8, 4) is 12.3 Å². The van der Waals surface area contributed by atoms with Crippen LogP contribution in [0.4, 0.5) is 5.13 Å². The molecule has 14 heteroatoms. The number of anilines is 1. The second-order valence-electron chi connectivity index (χ2n) is 7.38. The van der Waals surface area contributed by atoms with Crippen molar-refractivity contribution in [3.05, 3.63) is 52.9 Å². The van der Waals surface area contributed by atoms with Gasteiger partial charge in [0.2, 0.25) is 6.41 Å². The van der Waals surface area contributed by atoms with Gasteiger partial charge in [-0.2, -0.15) is 0 Å². The van der Waals surface area contributed by atoms with Crippen molar-refractivity contribution in [1.29, 1.82) is 0 Å². The molecule has 4 rings (SSSR count). The highest BCUT2D eigenvalue weighted by molar-refractivity contribution is 8.00. The molecule has 4 heterocycles. The molecule has 0 radical (unpaired) electrons. The van der Waals surface area contributed by atoms with Crippen LogP contribution in [0.3, 0.4) is 0 Å². The molecule has 0 aliphatic carbocycles. The molecule has 0 aromatic carbocycles. The molecular formula is C22H19N6O6S2+. The molecule has 2 atom stereocenters. The predicted octanol–water partition coefficient (Wildman–Crippen LogP) is -0.208. The maximum Gasteiger partial charge on any atom is 0.352 e. The van der Waals surface area contributed by atoms with Crippen LogP contribution in [0.1, 0.15) is 5.69 Å². The fourth-order valence-electron chi connectivity index (χ4n) is 3.61. The van der Waals surface area contributed by atoms with Crippen molar-refractivity contribution in [1.82, 2.24) is 15.2 Å². The molecule has 3 amide bonds. The zero-order valence-corrected chi connectivity index (χ0v) is 20.1. The van der Waals surface area contributed by atoms with Gasteiger partial charge in [-0.1, -0.05) is 17.1 Å². The lowest BCUT2D eigenvalue weighted by Gasteiger charge is -2.49. The number of nitrogens with one attached hydrogen (secondary N) is 2. The van der Waals surface area contributed by atoms with Crippen LogP contribution in [0.2, 0.25) is 0 Å². The number of amides is 3. The quantitative estimate of drug-likeness (QED) is 0.0730. The summed E-state index contributed by atoms with van der Waals surface area (Å²) in [4.78, 5) is 59.0. The number of thioether (sulfide) groups is 1. The molecule has 0 bridgehead atoms. The van der Waals surface area contributed by atoms with Crippen molar-refractivity contribution >= 4 is 58.1 Å². The first-order valence-corrected chi connectivity index (χ1v) is 12.3. The van der Waals surface area contributed by atoms with E-state index in [1.807, 2.05) is 35.2 Å². The zero-order chi connectivity index (χ0) is 25.7. The molecule has 0 spiro atoms. The fourth-order valence-corrected chi connectivity index (χ4v) is 5.60. The molecule has 2 aromatic heterocycles. The lowest BCUT2D eigenvalue weighted by atomic mass is 10.0. The van der Waals surface area contributed by atoms with Crippen LogP contribution in [0.5, 0.6) is 0 Å². The minimum atomic E-state index is -1.22. The maximum atomic E-state index is 13.0. The van der Waals surface area contributed by atoms with Crippen LogP contribution in [0, 0.1) is 12.3 Å². The van der Waals surface area contributed by atoms with E-state index in [-0.39, 0.29) is 28.8 Å². The fraction of sp³-hybridized carbons (Fsp3) is 0.227. The Morgan fingerprint density at radius 1 is 1.39 bits per heavy atom. The van der Waals surface area contributed by atoms with Gasteiger partial charge in [0, 0.05) is 28.8 Å². The number of fused-ring (bicyclic) bond motifs is 1. The molecule has 1 fully saturated rings. The summed E-state index contributed by atoms with van der Waals surface area (Å²) in [5.41, 5.74) is 0.358. The highest BCUT2D eigenvalue weighted by atomic mass is 32.2. The Labute approximate surface area is 213 Å². The van der Waals surface area contributed by atoms with E-state index in [1.165, 1.54) is 22.0 Å². The van der Waals surface area contributed by atoms with E-state index in [4.69, 9.17) is 11.3 Å². The average molecular weight is 528 g/mol. The number of nitrogens with zero attached hydrogens (tertiary/aromatic N) is 4. The number of oxime groups is 1. The van der Waals surface area contributed by atoms with Crippen LogP contribution in [-0.2, 0) is 30.6 Å². The van der Waals surface area contributed by atoms with Crippen molar-refractivity contribution in [2.75, 3.05) is 17.7 Å². The minimum Gasteiger partial charge on any atom is -0.477 e. The number of rotatable bonds is 10. The number of carbonyl (C=O) groups excluding carboxylic acids is 3. The van der Waals surface area contributed by atoms with Crippen molar-refractivity contribution < 1.29 is 33.7 Å². The van der Waals surface area contributed by atoms with Crippen LogP contribution in [0.15, 0.2) is 52.4 Å². The number of carboxylic acids is 1. The normalized spacial score (nSPS) is 19.0. The Hall–Kier alpha value is -4.22. The highest BCUT2D eigenvalue weighted by Gasteiger charge is 2.54. The lowest BCUT2D eigenvalue weighted by Crippen LogP contribution is -2.71. The first-order chi connectivity index (χ1) is 17.4. The second kappa shape index (κ2) is 11.0. The standard InChI is InChI=1S/C22H18N6O6S2/c1-2-8-34-26-15(14-11-36-22(24-14)23-12-29)18(30)25-16-19(31)28-17(21(32)33)13(10-35-20(16)28)9-27-6-4-3-5-7-27/h1,3-7,11-12,16,20H,8-10H2,(H2-,23,24,25,29,30,32,33)/p+1/t16?,20-/m1/s1. The molecular weight excluding hydrogens is 508 g/mol. The second-order valence-corrected chi connectivity index (χ2v) is 9.35. The van der Waals surface area contributed by atoms with Gasteiger partial charge in [0.25, 0.3) is 11.8 Å². The van der Waals surface area contributed by atoms with Gasteiger partial charge < -0.3 is 20.6 Å². The van der Waals surface area contributed by atoms with Gasteiger partial charge in [0.1, 0.15) is 22.8 Å². The Bertz CT molecular complexity index is 1300. The number of aromatic nitrogens is 2. The molecule has 1 saturated heterocycles. The summed E-state index contributed by atoms with van der Waals surface area (Å²) in [5, 5.41) is 19.7. The number of terminal acetylenes is 1. The molecule has 2 aliphatic rings. The average Bonchev–Trinajstić information content (AvgIpc) is 3.33. The number of thiazole rings is 1. The third-order valence-corrected chi connectivity index (χ3v) is 7.25. The van der Waals surface area contributed by atoms with Crippen molar-refractivity contribution in [3.63, 3.8) is 0 Å². The summed E-state index contributed by atoms with van der Waals surface area (Å²) in [6.45, 7) is 0.108. The molecule has 3 N–H and O–H groups in total. The summed E-state index contributed by atoms with van der Waals surface area (Å²) in [6, 6.07) is 4.52. The van der Waals surface area contributed by atoms with Crippen molar-refractivity contribution in [2.24, 2.45) is 5.16 Å². The van der Waals surface area contributed by atoms with E-state index in [0.717, 1.165) is 11.3 Å². The van der Waals surface area contributed by atoms with E-state index in [0.29, 0.717) is 24.3 Å². The molecule has 1 unspecified atom stereocenters.